The van der Waals surface area contributed by atoms with Crippen molar-refractivity contribution in [1.29, 1.82) is 0 Å². The molecule has 0 aliphatic heterocycles. The number of nitrogens with zero attached hydrogens (tertiary/aromatic N) is 1. The third-order valence-electron chi connectivity index (χ3n) is 3.27. The van der Waals surface area contributed by atoms with Gasteiger partial charge in [0.15, 0.2) is 0 Å². The van der Waals surface area contributed by atoms with Gasteiger partial charge in [-0.25, -0.2) is 0 Å². The van der Waals surface area contributed by atoms with Gasteiger partial charge < -0.3 is 11.1 Å². The Balaban J connectivity index is 2.00. The first-order chi connectivity index (χ1) is 8.15. The molecule has 1 amide bonds. The first-order valence-electron chi connectivity index (χ1n) is 5.61. The van der Waals surface area contributed by atoms with Crippen LogP contribution in [-0.2, 0) is 11.3 Å². The fraction of sp³-hybridized carbons (Fsp3) is 0.545. The number of nitrogens with one attached hydrogen (secondary N) is 1. The molecule has 1 fully saturated rings. The zero-order valence-electron chi connectivity index (χ0n) is 9.44. The van der Waals surface area contributed by atoms with E-state index in [-0.39, 0.29) is 5.91 Å². The van der Waals surface area contributed by atoms with Crippen LogP contribution in [0.1, 0.15) is 30.6 Å². The number of hydrogen-bond acceptors (Lipinski definition) is 4. The van der Waals surface area contributed by atoms with Gasteiger partial charge in [-0.3, -0.25) is 9.78 Å². The number of nitrogens with two attached hydrogens (primary N) is 1. The van der Waals surface area contributed by atoms with E-state index < -0.39 is 5.41 Å². The number of hydrogen-bond donors (Lipinski definition) is 2. The second kappa shape index (κ2) is 5.10. The topological polar surface area (TPSA) is 68.0 Å². The second-order valence-electron chi connectivity index (χ2n) is 4.30. The lowest BCUT2D eigenvalue weighted by molar-refractivity contribution is -0.127. The van der Waals surface area contributed by atoms with Crippen LogP contribution in [0.25, 0.3) is 0 Å². The van der Waals surface area contributed by atoms with Crippen molar-refractivity contribution in [3.63, 3.8) is 0 Å². The zero-order chi connectivity index (χ0) is 12.3. The molecule has 4 nitrogen and oxygen atoms in total. The number of rotatable bonds is 4. The van der Waals surface area contributed by atoms with Crippen LogP contribution in [0.15, 0.2) is 11.7 Å². The lowest BCUT2D eigenvalue weighted by atomic mass is 9.85. The van der Waals surface area contributed by atoms with Gasteiger partial charge in [-0.15, -0.1) is 11.3 Å². The van der Waals surface area contributed by atoms with E-state index in [9.17, 15) is 4.79 Å². The minimum atomic E-state index is -0.611. The second-order valence-corrected chi connectivity index (χ2v) is 5.71. The maximum absolute atomic E-state index is 12.2. The van der Waals surface area contributed by atoms with Gasteiger partial charge in [-0.05, 0) is 12.8 Å². The van der Waals surface area contributed by atoms with Crippen LogP contribution in [0.2, 0.25) is 0 Å². The van der Waals surface area contributed by atoms with E-state index in [1.54, 1.807) is 11.7 Å². The zero-order valence-corrected chi connectivity index (χ0v) is 11.1. The molecule has 1 aromatic rings. The van der Waals surface area contributed by atoms with E-state index in [4.69, 9.17) is 18.0 Å². The van der Waals surface area contributed by atoms with Gasteiger partial charge in [-0.2, -0.15) is 0 Å². The number of amides is 1. The first-order valence-corrected chi connectivity index (χ1v) is 6.89. The summed E-state index contributed by atoms with van der Waals surface area (Å²) < 4.78 is 0. The van der Waals surface area contributed by atoms with Gasteiger partial charge in [0.1, 0.15) is 0 Å². The highest BCUT2D eigenvalue weighted by atomic mass is 32.1. The van der Waals surface area contributed by atoms with Crippen molar-refractivity contribution in [2.45, 2.75) is 32.2 Å². The van der Waals surface area contributed by atoms with Gasteiger partial charge in [0, 0.05) is 11.1 Å². The average molecular weight is 269 g/mol. The van der Waals surface area contributed by atoms with E-state index in [0.29, 0.717) is 11.5 Å². The molecule has 3 N–H and O–H groups in total. The SMILES string of the molecule is NC(=S)C1(C(=O)NCc2cncs2)CCCC1. The van der Waals surface area contributed by atoms with Crippen LogP contribution in [0.5, 0.6) is 0 Å². The van der Waals surface area contributed by atoms with Crippen molar-refractivity contribution >= 4 is 34.5 Å². The summed E-state index contributed by atoms with van der Waals surface area (Å²) in [5.41, 5.74) is 6.88. The molecule has 0 radical (unpaired) electrons. The van der Waals surface area contributed by atoms with Gasteiger partial charge in [-0.1, -0.05) is 25.1 Å². The summed E-state index contributed by atoms with van der Waals surface area (Å²) in [6, 6.07) is 0. The van der Waals surface area contributed by atoms with Crippen molar-refractivity contribution in [3.05, 3.63) is 16.6 Å². The minimum absolute atomic E-state index is 0.0316. The number of carbonyl (C=O) groups excluding carboxylic acids is 1. The normalized spacial score (nSPS) is 17.9. The predicted molar refractivity (Wildman–Crippen MR) is 71.6 cm³/mol. The highest BCUT2D eigenvalue weighted by molar-refractivity contribution is 7.80. The van der Waals surface area contributed by atoms with Crippen molar-refractivity contribution in [3.8, 4) is 0 Å². The Kier molecular flexibility index (Phi) is 3.73. The summed E-state index contributed by atoms with van der Waals surface area (Å²) in [7, 11) is 0. The summed E-state index contributed by atoms with van der Waals surface area (Å²) in [4.78, 5) is 17.5. The molecule has 1 aliphatic rings. The maximum Gasteiger partial charge on any atom is 0.233 e. The van der Waals surface area contributed by atoms with Crippen LogP contribution in [0.4, 0.5) is 0 Å². The molecular weight excluding hydrogens is 254 g/mol. The van der Waals surface area contributed by atoms with Crippen LogP contribution >= 0.6 is 23.6 Å². The fourth-order valence-corrected chi connectivity index (χ4v) is 3.06. The van der Waals surface area contributed by atoms with Gasteiger partial charge >= 0.3 is 0 Å². The Morgan fingerprint density at radius 2 is 2.29 bits per heavy atom. The number of carbonyl (C=O) groups is 1. The Morgan fingerprint density at radius 3 is 2.82 bits per heavy atom. The third kappa shape index (κ3) is 2.47. The number of thiazole rings is 1. The van der Waals surface area contributed by atoms with Gasteiger partial charge in [0.2, 0.25) is 5.91 Å². The highest BCUT2D eigenvalue weighted by Gasteiger charge is 2.43. The molecule has 1 aliphatic carbocycles. The number of aromatic nitrogens is 1. The smallest absolute Gasteiger partial charge is 0.233 e. The lowest BCUT2D eigenvalue weighted by Crippen LogP contribution is -2.46. The quantitative estimate of drug-likeness (QED) is 0.815. The average Bonchev–Trinajstić information content (AvgIpc) is 2.97. The van der Waals surface area contributed by atoms with Crippen LogP contribution in [0.3, 0.4) is 0 Å². The largest absolute Gasteiger partial charge is 0.392 e. The van der Waals surface area contributed by atoms with Crippen LogP contribution in [-0.4, -0.2) is 15.9 Å². The standard InChI is InChI=1S/C11H15N3OS2/c12-9(16)11(3-1-2-4-11)10(15)14-6-8-5-13-7-17-8/h5,7H,1-4,6H2,(H2,12,16)(H,14,15). The molecule has 0 aromatic carbocycles. The van der Waals surface area contributed by atoms with Crippen molar-refractivity contribution in [1.82, 2.24) is 10.3 Å². The predicted octanol–water partition coefficient (Wildman–Crippen LogP) is 1.61. The molecule has 0 atom stereocenters. The molecule has 1 aromatic heterocycles. The molecular formula is C11H15N3OS2. The van der Waals surface area contributed by atoms with E-state index in [0.717, 1.165) is 30.6 Å². The minimum Gasteiger partial charge on any atom is -0.392 e. The molecule has 17 heavy (non-hydrogen) atoms. The van der Waals surface area contributed by atoms with E-state index >= 15 is 0 Å². The molecule has 0 unspecified atom stereocenters. The third-order valence-corrected chi connectivity index (χ3v) is 4.44. The Hall–Kier alpha value is -1.01. The fourth-order valence-electron chi connectivity index (χ4n) is 2.23. The molecule has 0 spiro atoms. The van der Waals surface area contributed by atoms with E-state index in [1.165, 1.54) is 11.3 Å². The van der Waals surface area contributed by atoms with Crippen molar-refractivity contribution in [2.24, 2.45) is 11.1 Å². The summed E-state index contributed by atoms with van der Waals surface area (Å²) >= 11 is 6.59. The molecule has 6 heteroatoms. The summed E-state index contributed by atoms with van der Waals surface area (Å²) in [5, 5.41) is 2.91. The molecule has 92 valence electrons. The summed E-state index contributed by atoms with van der Waals surface area (Å²) in [6.07, 6.45) is 5.34. The van der Waals surface area contributed by atoms with Crippen LogP contribution < -0.4 is 11.1 Å². The van der Waals surface area contributed by atoms with Gasteiger partial charge in [0.05, 0.1) is 22.5 Å². The first kappa shape index (κ1) is 12.4. The Bertz CT molecular complexity index is 410. The Morgan fingerprint density at radius 1 is 1.59 bits per heavy atom. The monoisotopic (exact) mass is 269 g/mol. The molecule has 1 saturated carbocycles. The highest BCUT2D eigenvalue weighted by Crippen LogP contribution is 2.38. The van der Waals surface area contributed by atoms with Crippen molar-refractivity contribution < 1.29 is 4.79 Å². The molecule has 0 bridgehead atoms. The van der Waals surface area contributed by atoms with E-state index in [2.05, 4.69) is 10.3 Å². The lowest BCUT2D eigenvalue weighted by Gasteiger charge is -2.26. The number of thiocarbonyl (C=S) groups is 1. The molecule has 1 heterocycles. The van der Waals surface area contributed by atoms with E-state index in [1.807, 2.05) is 0 Å². The van der Waals surface area contributed by atoms with Crippen molar-refractivity contribution in [2.75, 3.05) is 0 Å². The van der Waals surface area contributed by atoms with Crippen LogP contribution in [0, 0.1) is 5.41 Å². The maximum atomic E-state index is 12.2. The summed E-state index contributed by atoms with van der Waals surface area (Å²) in [6.45, 7) is 0.508. The molecule has 0 saturated heterocycles. The molecule has 2 rings (SSSR count). The summed E-state index contributed by atoms with van der Waals surface area (Å²) in [5.74, 6) is -0.0316. The van der Waals surface area contributed by atoms with Gasteiger partial charge in [0.25, 0.3) is 0 Å². The Labute approximate surface area is 110 Å².